The van der Waals surface area contributed by atoms with Gasteiger partial charge in [-0.3, -0.25) is 4.79 Å². The normalized spacial score (nSPS) is 11.1. The number of ketones is 1. The van der Waals surface area contributed by atoms with Gasteiger partial charge in [0.25, 0.3) is 0 Å². The third kappa shape index (κ3) is 2.01. The molecular weight excluding hydrogens is 252 g/mol. The van der Waals surface area contributed by atoms with Gasteiger partial charge in [-0.05, 0) is 19.1 Å². The fourth-order valence-corrected chi connectivity index (χ4v) is 2.47. The van der Waals surface area contributed by atoms with E-state index in [1.54, 1.807) is 17.0 Å². The number of aromatic nitrogens is 4. The molecule has 5 nitrogen and oxygen atoms in total. The van der Waals surface area contributed by atoms with E-state index in [4.69, 9.17) is 0 Å². The number of para-hydroxylation sites is 2. The van der Waals surface area contributed by atoms with Crippen LogP contribution < -0.4 is 0 Å². The zero-order valence-electron chi connectivity index (χ0n) is 11.6. The zero-order valence-corrected chi connectivity index (χ0v) is 11.6. The van der Waals surface area contributed by atoms with Crippen LogP contribution in [0.1, 0.15) is 23.4 Å². The Hall–Kier alpha value is -2.43. The van der Waals surface area contributed by atoms with Crippen LogP contribution in [0.2, 0.25) is 0 Å². The highest BCUT2D eigenvalue weighted by molar-refractivity contribution is 5.94. The van der Waals surface area contributed by atoms with Crippen molar-refractivity contribution in [2.24, 2.45) is 7.05 Å². The van der Waals surface area contributed by atoms with Crippen LogP contribution >= 0.6 is 0 Å². The first-order valence-electron chi connectivity index (χ1n) is 6.65. The average molecular weight is 268 g/mol. The van der Waals surface area contributed by atoms with E-state index in [0.717, 1.165) is 23.4 Å². The zero-order chi connectivity index (χ0) is 14.1. The largest absolute Gasteiger partial charge is 0.332 e. The van der Waals surface area contributed by atoms with E-state index < -0.39 is 0 Å². The van der Waals surface area contributed by atoms with E-state index in [2.05, 4.69) is 21.5 Å². The van der Waals surface area contributed by atoms with Crippen molar-refractivity contribution in [1.29, 1.82) is 0 Å². The lowest BCUT2D eigenvalue weighted by Crippen LogP contribution is -2.13. The van der Waals surface area contributed by atoms with Crippen molar-refractivity contribution < 1.29 is 4.79 Å². The molecule has 0 bridgehead atoms. The number of benzene rings is 1. The van der Waals surface area contributed by atoms with E-state index in [1.165, 1.54) is 0 Å². The molecule has 102 valence electrons. The van der Waals surface area contributed by atoms with E-state index in [1.807, 2.05) is 31.3 Å². The number of rotatable bonds is 4. The van der Waals surface area contributed by atoms with Crippen molar-refractivity contribution in [3.63, 3.8) is 0 Å². The Labute approximate surface area is 116 Å². The molecule has 2 aromatic heterocycles. The molecule has 0 aliphatic carbocycles. The fourth-order valence-electron chi connectivity index (χ4n) is 2.47. The van der Waals surface area contributed by atoms with Gasteiger partial charge in [-0.15, -0.1) is 0 Å². The minimum Gasteiger partial charge on any atom is -0.332 e. The summed E-state index contributed by atoms with van der Waals surface area (Å²) in [5, 5.41) is 0. The third-order valence-corrected chi connectivity index (χ3v) is 3.44. The molecule has 0 saturated heterocycles. The molecule has 0 saturated carbocycles. The monoisotopic (exact) mass is 268 g/mol. The first-order valence-corrected chi connectivity index (χ1v) is 6.65. The molecule has 5 heteroatoms. The minimum absolute atomic E-state index is 0.0116. The molecular formula is C15H16N4O. The second kappa shape index (κ2) is 4.92. The van der Waals surface area contributed by atoms with Crippen LogP contribution in [0.15, 0.2) is 36.7 Å². The maximum atomic E-state index is 12.3. The fraction of sp³-hybridized carbons (Fsp3) is 0.267. The molecule has 0 unspecified atom stereocenters. The molecule has 0 N–H and O–H groups in total. The molecule has 0 aliphatic heterocycles. The van der Waals surface area contributed by atoms with Crippen molar-refractivity contribution in [3.8, 4) is 0 Å². The summed E-state index contributed by atoms with van der Waals surface area (Å²) in [5.41, 5.74) is 2.00. The maximum Gasteiger partial charge on any atom is 0.205 e. The topological polar surface area (TPSA) is 52.7 Å². The molecule has 0 fully saturated rings. The van der Waals surface area contributed by atoms with Gasteiger partial charge >= 0.3 is 0 Å². The van der Waals surface area contributed by atoms with Crippen LogP contribution in [-0.4, -0.2) is 24.9 Å². The van der Waals surface area contributed by atoms with Gasteiger partial charge in [0.15, 0.2) is 5.82 Å². The Morgan fingerprint density at radius 1 is 1.30 bits per heavy atom. The van der Waals surface area contributed by atoms with Crippen molar-refractivity contribution in [3.05, 3.63) is 48.3 Å². The average Bonchev–Trinajstić information content (AvgIpc) is 3.01. The lowest BCUT2D eigenvalue weighted by atomic mass is 10.2. The Bertz CT molecular complexity index is 769. The van der Waals surface area contributed by atoms with E-state index in [0.29, 0.717) is 5.82 Å². The van der Waals surface area contributed by atoms with E-state index in [9.17, 15) is 4.79 Å². The predicted molar refractivity (Wildman–Crippen MR) is 76.6 cm³/mol. The number of nitrogens with zero attached hydrogens (tertiary/aromatic N) is 4. The van der Waals surface area contributed by atoms with E-state index >= 15 is 0 Å². The van der Waals surface area contributed by atoms with Gasteiger partial charge in [0.1, 0.15) is 5.82 Å². The molecule has 0 spiro atoms. The smallest absolute Gasteiger partial charge is 0.205 e. The van der Waals surface area contributed by atoms with Gasteiger partial charge in [0, 0.05) is 26.0 Å². The quantitative estimate of drug-likeness (QED) is 0.682. The minimum atomic E-state index is -0.0116. The van der Waals surface area contributed by atoms with Gasteiger partial charge in [0.2, 0.25) is 5.78 Å². The SMILES string of the molecule is CCn1c(CC(=O)c2nccn2C)nc2ccccc21. The number of carbonyl (C=O) groups is 1. The van der Waals surface area contributed by atoms with Crippen molar-refractivity contribution in [2.75, 3.05) is 0 Å². The van der Waals surface area contributed by atoms with Gasteiger partial charge in [-0.25, -0.2) is 9.97 Å². The molecule has 0 radical (unpaired) electrons. The second-order valence-electron chi connectivity index (χ2n) is 4.72. The first kappa shape index (κ1) is 12.6. The van der Waals surface area contributed by atoms with Gasteiger partial charge < -0.3 is 9.13 Å². The van der Waals surface area contributed by atoms with Crippen LogP contribution in [-0.2, 0) is 20.0 Å². The number of Topliss-reactive ketones (excluding diaryl/α,β-unsaturated/α-hetero) is 1. The molecule has 3 aromatic rings. The summed E-state index contributed by atoms with van der Waals surface area (Å²) in [7, 11) is 1.82. The summed E-state index contributed by atoms with van der Waals surface area (Å²) in [4.78, 5) is 21.0. The van der Waals surface area contributed by atoms with Crippen LogP contribution in [0.4, 0.5) is 0 Å². The number of carbonyl (C=O) groups excluding carboxylic acids is 1. The number of fused-ring (bicyclic) bond motifs is 1. The molecule has 0 atom stereocenters. The summed E-state index contributed by atoms with van der Waals surface area (Å²) in [6, 6.07) is 7.94. The standard InChI is InChI=1S/C15H16N4O/c1-3-19-12-7-5-4-6-11(12)17-14(19)10-13(20)15-16-8-9-18(15)2/h4-9H,3,10H2,1-2H3. The Balaban J connectivity index is 1.99. The van der Waals surface area contributed by atoms with Crippen molar-refractivity contribution >= 4 is 16.8 Å². The molecule has 0 amide bonds. The second-order valence-corrected chi connectivity index (χ2v) is 4.72. The third-order valence-electron chi connectivity index (χ3n) is 3.44. The number of hydrogen-bond acceptors (Lipinski definition) is 3. The van der Waals surface area contributed by atoms with Gasteiger partial charge in [-0.1, -0.05) is 12.1 Å². The predicted octanol–water partition coefficient (Wildman–Crippen LogP) is 2.22. The highest BCUT2D eigenvalue weighted by Gasteiger charge is 2.16. The summed E-state index contributed by atoms with van der Waals surface area (Å²) in [6.45, 7) is 2.85. The Morgan fingerprint density at radius 3 is 2.80 bits per heavy atom. The lowest BCUT2D eigenvalue weighted by molar-refractivity contribution is 0.0977. The summed E-state index contributed by atoms with van der Waals surface area (Å²) in [5.74, 6) is 1.25. The Morgan fingerprint density at radius 2 is 2.10 bits per heavy atom. The van der Waals surface area contributed by atoms with E-state index in [-0.39, 0.29) is 12.2 Å². The highest BCUT2D eigenvalue weighted by Crippen LogP contribution is 2.17. The first-order chi connectivity index (χ1) is 9.70. The summed E-state index contributed by atoms with van der Waals surface area (Å²) >= 11 is 0. The molecule has 3 rings (SSSR count). The lowest BCUT2D eigenvalue weighted by Gasteiger charge is -2.05. The number of hydrogen-bond donors (Lipinski definition) is 0. The van der Waals surface area contributed by atoms with Gasteiger partial charge in [-0.2, -0.15) is 0 Å². The van der Waals surface area contributed by atoms with Gasteiger partial charge in [0.05, 0.1) is 17.5 Å². The molecule has 20 heavy (non-hydrogen) atoms. The number of aryl methyl sites for hydroxylation is 2. The van der Waals surface area contributed by atoms with Crippen molar-refractivity contribution in [1.82, 2.24) is 19.1 Å². The highest BCUT2D eigenvalue weighted by atomic mass is 16.1. The summed E-state index contributed by atoms with van der Waals surface area (Å²) < 4.78 is 3.82. The van der Waals surface area contributed by atoms with Crippen LogP contribution in [0.5, 0.6) is 0 Å². The number of imidazole rings is 2. The molecule has 2 heterocycles. The summed E-state index contributed by atoms with van der Waals surface area (Å²) in [6.07, 6.45) is 3.68. The van der Waals surface area contributed by atoms with Crippen LogP contribution in [0, 0.1) is 0 Å². The molecule has 0 aliphatic rings. The van der Waals surface area contributed by atoms with Crippen LogP contribution in [0.3, 0.4) is 0 Å². The van der Waals surface area contributed by atoms with Crippen LogP contribution in [0.25, 0.3) is 11.0 Å². The molecule has 1 aromatic carbocycles. The Kier molecular flexibility index (Phi) is 3.10. The maximum absolute atomic E-state index is 12.3. The van der Waals surface area contributed by atoms with Crippen molar-refractivity contribution in [2.45, 2.75) is 19.9 Å².